The summed E-state index contributed by atoms with van der Waals surface area (Å²) in [7, 11) is 0. The van der Waals surface area contributed by atoms with E-state index in [2.05, 4.69) is 4.98 Å². The van der Waals surface area contributed by atoms with E-state index in [1.165, 1.54) is 0 Å². The molecule has 0 unspecified atom stereocenters. The molecule has 0 amide bonds. The van der Waals surface area contributed by atoms with Crippen molar-refractivity contribution >= 4 is 17.6 Å². The highest BCUT2D eigenvalue weighted by Crippen LogP contribution is 2.05. The van der Waals surface area contributed by atoms with Crippen molar-refractivity contribution in [3.8, 4) is 0 Å². The molecule has 0 aliphatic carbocycles. The topological polar surface area (TPSA) is 59.4 Å². The van der Waals surface area contributed by atoms with Gasteiger partial charge >= 0.3 is 5.97 Å². The SMILES string of the molecule is O=C(O)COCc1ccc(Cl)nc1. The fourth-order valence-electron chi connectivity index (χ4n) is 0.748. The van der Waals surface area contributed by atoms with Gasteiger partial charge in [0.1, 0.15) is 11.8 Å². The molecule has 0 radical (unpaired) electrons. The fraction of sp³-hybridized carbons (Fsp3) is 0.250. The van der Waals surface area contributed by atoms with Crippen LogP contribution in [0.3, 0.4) is 0 Å². The van der Waals surface area contributed by atoms with E-state index in [1.54, 1.807) is 18.3 Å². The molecule has 0 aliphatic heterocycles. The first-order valence-corrected chi connectivity index (χ1v) is 3.96. The molecular formula is C8H8ClNO3. The first kappa shape index (κ1) is 9.95. The second-order valence-electron chi connectivity index (χ2n) is 2.38. The van der Waals surface area contributed by atoms with E-state index in [0.717, 1.165) is 5.56 Å². The van der Waals surface area contributed by atoms with Crippen molar-refractivity contribution in [2.45, 2.75) is 6.61 Å². The molecule has 0 atom stereocenters. The minimum atomic E-state index is -0.984. The molecule has 1 aromatic heterocycles. The van der Waals surface area contributed by atoms with Crippen molar-refractivity contribution in [3.05, 3.63) is 29.0 Å². The molecule has 1 heterocycles. The number of aliphatic carboxylic acids is 1. The molecule has 0 aliphatic rings. The van der Waals surface area contributed by atoms with E-state index in [4.69, 9.17) is 21.4 Å². The van der Waals surface area contributed by atoms with Crippen molar-refractivity contribution in [1.82, 2.24) is 4.98 Å². The van der Waals surface area contributed by atoms with Crippen molar-refractivity contribution in [3.63, 3.8) is 0 Å². The maximum absolute atomic E-state index is 10.1. The Morgan fingerprint density at radius 2 is 2.38 bits per heavy atom. The van der Waals surface area contributed by atoms with Crippen LogP contribution in [0.4, 0.5) is 0 Å². The van der Waals surface area contributed by atoms with Gasteiger partial charge in [0.15, 0.2) is 0 Å². The van der Waals surface area contributed by atoms with Crippen molar-refractivity contribution in [2.75, 3.05) is 6.61 Å². The Bertz CT molecular complexity index is 286. The molecule has 4 nitrogen and oxygen atoms in total. The number of pyridine rings is 1. The van der Waals surface area contributed by atoms with E-state index >= 15 is 0 Å². The van der Waals surface area contributed by atoms with E-state index < -0.39 is 5.97 Å². The molecule has 13 heavy (non-hydrogen) atoms. The predicted molar refractivity (Wildman–Crippen MR) is 46.5 cm³/mol. The lowest BCUT2D eigenvalue weighted by Crippen LogP contribution is -2.06. The lowest BCUT2D eigenvalue weighted by Gasteiger charge is -2.00. The number of carboxylic acids is 1. The van der Waals surface area contributed by atoms with Crippen molar-refractivity contribution in [2.24, 2.45) is 0 Å². The number of carbonyl (C=O) groups is 1. The minimum absolute atomic E-state index is 0.233. The van der Waals surface area contributed by atoms with Crippen LogP contribution >= 0.6 is 11.6 Å². The summed E-state index contributed by atoms with van der Waals surface area (Å²) in [5.41, 5.74) is 0.797. The number of rotatable bonds is 4. The Morgan fingerprint density at radius 3 is 2.92 bits per heavy atom. The molecule has 0 spiro atoms. The highest BCUT2D eigenvalue weighted by atomic mass is 35.5. The normalized spacial score (nSPS) is 9.92. The first-order valence-electron chi connectivity index (χ1n) is 3.58. The molecule has 0 bridgehead atoms. The van der Waals surface area contributed by atoms with Gasteiger partial charge in [-0.25, -0.2) is 9.78 Å². The number of hydrogen-bond donors (Lipinski definition) is 1. The third kappa shape index (κ3) is 3.87. The standard InChI is InChI=1S/C8H8ClNO3/c9-7-2-1-6(3-10-7)4-13-5-8(11)12/h1-3H,4-5H2,(H,11,12). The van der Waals surface area contributed by atoms with Gasteiger partial charge in [-0.3, -0.25) is 0 Å². The second-order valence-corrected chi connectivity index (χ2v) is 2.76. The second kappa shape index (κ2) is 4.79. The zero-order chi connectivity index (χ0) is 9.68. The maximum Gasteiger partial charge on any atom is 0.329 e. The number of aromatic nitrogens is 1. The minimum Gasteiger partial charge on any atom is -0.480 e. The summed E-state index contributed by atoms with van der Waals surface area (Å²) >= 11 is 5.55. The Hall–Kier alpha value is -1.13. The van der Waals surface area contributed by atoms with Crippen LogP contribution < -0.4 is 0 Å². The fourth-order valence-corrected chi connectivity index (χ4v) is 0.860. The Balaban J connectivity index is 2.37. The summed E-state index contributed by atoms with van der Waals surface area (Å²) in [6, 6.07) is 3.36. The monoisotopic (exact) mass is 201 g/mol. The maximum atomic E-state index is 10.1. The summed E-state index contributed by atoms with van der Waals surface area (Å²) in [6.07, 6.45) is 1.55. The van der Waals surface area contributed by atoms with Gasteiger partial charge in [0.05, 0.1) is 6.61 Å². The largest absolute Gasteiger partial charge is 0.480 e. The number of nitrogens with zero attached hydrogens (tertiary/aromatic N) is 1. The molecule has 0 saturated carbocycles. The Morgan fingerprint density at radius 1 is 1.62 bits per heavy atom. The molecule has 0 aromatic carbocycles. The third-order valence-corrected chi connectivity index (χ3v) is 1.51. The summed E-state index contributed by atoms with van der Waals surface area (Å²) in [5, 5.41) is 8.68. The molecule has 1 aromatic rings. The average molecular weight is 202 g/mol. The number of ether oxygens (including phenoxy) is 1. The zero-order valence-corrected chi connectivity index (χ0v) is 7.49. The number of carboxylic acid groups (broad SMARTS) is 1. The van der Waals surface area contributed by atoms with Crippen LogP contribution in [0.5, 0.6) is 0 Å². The van der Waals surface area contributed by atoms with Crippen molar-refractivity contribution in [1.29, 1.82) is 0 Å². The predicted octanol–water partition coefficient (Wildman–Crippen LogP) is 1.34. The highest BCUT2D eigenvalue weighted by molar-refractivity contribution is 6.29. The van der Waals surface area contributed by atoms with Crippen LogP contribution in [0.25, 0.3) is 0 Å². The molecule has 5 heteroatoms. The molecule has 0 saturated heterocycles. The van der Waals surface area contributed by atoms with Crippen LogP contribution in [0.2, 0.25) is 5.15 Å². The van der Waals surface area contributed by atoms with Crippen LogP contribution in [0, 0.1) is 0 Å². The molecule has 1 rings (SSSR count). The first-order chi connectivity index (χ1) is 6.18. The summed E-state index contributed by atoms with van der Waals surface area (Å²) in [4.78, 5) is 13.9. The van der Waals surface area contributed by atoms with Gasteiger partial charge in [-0.05, 0) is 11.6 Å². The quantitative estimate of drug-likeness (QED) is 0.747. The van der Waals surface area contributed by atoms with Gasteiger partial charge in [0, 0.05) is 6.20 Å². The lowest BCUT2D eigenvalue weighted by molar-refractivity contribution is -0.142. The van der Waals surface area contributed by atoms with Gasteiger partial charge in [-0.1, -0.05) is 17.7 Å². The van der Waals surface area contributed by atoms with Gasteiger partial charge in [0.2, 0.25) is 0 Å². The van der Waals surface area contributed by atoms with Crippen LogP contribution in [-0.2, 0) is 16.1 Å². The summed E-state index contributed by atoms with van der Waals surface area (Å²) in [5.74, 6) is -0.984. The Kier molecular flexibility index (Phi) is 3.67. The Labute approximate surface area is 80.1 Å². The molecular weight excluding hydrogens is 194 g/mol. The highest BCUT2D eigenvalue weighted by Gasteiger charge is 1.97. The van der Waals surface area contributed by atoms with Crippen molar-refractivity contribution < 1.29 is 14.6 Å². The van der Waals surface area contributed by atoms with Gasteiger partial charge in [-0.15, -0.1) is 0 Å². The number of hydrogen-bond acceptors (Lipinski definition) is 3. The van der Waals surface area contributed by atoms with E-state index in [1.807, 2.05) is 0 Å². The molecule has 1 N–H and O–H groups in total. The summed E-state index contributed by atoms with van der Waals surface area (Å²) < 4.78 is 4.84. The van der Waals surface area contributed by atoms with Gasteiger partial charge in [-0.2, -0.15) is 0 Å². The van der Waals surface area contributed by atoms with E-state index in [0.29, 0.717) is 5.15 Å². The smallest absolute Gasteiger partial charge is 0.329 e. The molecule has 0 fully saturated rings. The van der Waals surface area contributed by atoms with Crippen LogP contribution in [-0.4, -0.2) is 22.7 Å². The van der Waals surface area contributed by atoms with E-state index in [-0.39, 0.29) is 13.2 Å². The third-order valence-electron chi connectivity index (χ3n) is 1.28. The van der Waals surface area contributed by atoms with Gasteiger partial charge < -0.3 is 9.84 Å². The molecule has 70 valence electrons. The van der Waals surface area contributed by atoms with Gasteiger partial charge in [0.25, 0.3) is 0 Å². The van der Waals surface area contributed by atoms with E-state index in [9.17, 15) is 4.79 Å². The van der Waals surface area contributed by atoms with Crippen LogP contribution in [0.15, 0.2) is 18.3 Å². The lowest BCUT2D eigenvalue weighted by atomic mass is 10.3. The zero-order valence-electron chi connectivity index (χ0n) is 6.74. The van der Waals surface area contributed by atoms with Crippen LogP contribution in [0.1, 0.15) is 5.56 Å². The number of halogens is 1. The average Bonchev–Trinajstić information content (AvgIpc) is 2.08. The summed E-state index contributed by atoms with van der Waals surface area (Å²) in [6.45, 7) is -0.0703.